The van der Waals surface area contributed by atoms with Crippen molar-refractivity contribution in [1.82, 2.24) is 20.4 Å². The van der Waals surface area contributed by atoms with Crippen molar-refractivity contribution in [2.24, 2.45) is 5.41 Å². The van der Waals surface area contributed by atoms with Crippen LogP contribution in [0.5, 0.6) is 0 Å². The van der Waals surface area contributed by atoms with Crippen molar-refractivity contribution in [2.75, 3.05) is 46.6 Å². The summed E-state index contributed by atoms with van der Waals surface area (Å²) >= 11 is 0. The van der Waals surface area contributed by atoms with Gasteiger partial charge < -0.3 is 24.1 Å². The van der Waals surface area contributed by atoms with E-state index in [0.29, 0.717) is 51.2 Å². The van der Waals surface area contributed by atoms with Crippen molar-refractivity contribution in [1.29, 1.82) is 0 Å². The number of nitrogens with one attached hydrogen (secondary N) is 1. The van der Waals surface area contributed by atoms with Crippen molar-refractivity contribution in [2.45, 2.75) is 38.5 Å². The smallest absolute Gasteiger partial charge is 0.317 e. The summed E-state index contributed by atoms with van der Waals surface area (Å²) in [6.07, 6.45) is 1.80. The Morgan fingerprint density at radius 2 is 2.16 bits per heavy atom. The van der Waals surface area contributed by atoms with E-state index in [1.165, 1.54) is 0 Å². The molecule has 0 radical (unpaired) electrons. The van der Waals surface area contributed by atoms with Gasteiger partial charge in [0.25, 0.3) is 0 Å². The summed E-state index contributed by atoms with van der Waals surface area (Å²) < 4.78 is 16.5. The normalized spacial score (nSPS) is 22.7. The van der Waals surface area contributed by atoms with Gasteiger partial charge in [-0.3, -0.25) is 0 Å². The van der Waals surface area contributed by atoms with Crippen molar-refractivity contribution in [3.05, 3.63) is 11.8 Å². The summed E-state index contributed by atoms with van der Waals surface area (Å²) in [7, 11) is 1.62. The van der Waals surface area contributed by atoms with E-state index in [9.17, 15) is 4.79 Å². The summed E-state index contributed by atoms with van der Waals surface area (Å²) in [6, 6.07) is -0.0611. The number of aromatic nitrogens is 2. The van der Waals surface area contributed by atoms with Crippen molar-refractivity contribution in [3.63, 3.8) is 0 Å². The fraction of sp³-hybridized carbons (Fsp3) is 0.824. The van der Waals surface area contributed by atoms with Crippen LogP contribution in [0, 0.1) is 5.41 Å². The van der Waals surface area contributed by atoms with E-state index < -0.39 is 0 Å². The van der Waals surface area contributed by atoms with Gasteiger partial charge in [-0.2, -0.15) is 0 Å². The topological polar surface area (TPSA) is 89.7 Å². The number of hydrogen-bond acceptors (Lipinski definition) is 6. The van der Waals surface area contributed by atoms with Gasteiger partial charge >= 0.3 is 6.03 Å². The number of rotatable bonds is 5. The first-order valence-electron chi connectivity index (χ1n) is 8.98. The monoisotopic (exact) mass is 352 g/mol. The summed E-state index contributed by atoms with van der Waals surface area (Å²) in [6.45, 7) is 7.78. The van der Waals surface area contributed by atoms with Crippen LogP contribution in [0.25, 0.3) is 0 Å². The first kappa shape index (κ1) is 18.1. The van der Waals surface area contributed by atoms with Crippen molar-refractivity contribution in [3.8, 4) is 0 Å². The molecule has 1 N–H and O–H groups in total. The lowest BCUT2D eigenvalue weighted by Gasteiger charge is -2.36. The SMILES string of the molecule is COCCNC(=O)N1CC(c2nnc(C(C)C)o2)C2(CCOCC2)C1. The van der Waals surface area contributed by atoms with Crippen LogP contribution >= 0.6 is 0 Å². The third-order valence-corrected chi connectivity index (χ3v) is 5.25. The number of likely N-dealkylation sites (tertiary alicyclic amines) is 1. The second-order valence-corrected chi connectivity index (χ2v) is 7.27. The highest BCUT2D eigenvalue weighted by molar-refractivity contribution is 5.74. The molecule has 8 heteroatoms. The van der Waals surface area contributed by atoms with E-state index in [1.807, 2.05) is 18.7 Å². The minimum Gasteiger partial charge on any atom is -0.425 e. The van der Waals surface area contributed by atoms with E-state index in [2.05, 4.69) is 15.5 Å². The number of urea groups is 1. The number of nitrogens with zero attached hydrogens (tertiary/aromatic N) is 3. The van der Waals surface area contributed by atoms with Crippen LogP contribution in [-0.2, 0) is 9.47 Å². The molecule has 1 aromatic rings. The maximum atomic E-state index is 12.5. The van der Waals surface area contributed by atoms with Crippen LogP contribution in [0.15, 0.2) is 4.42 Å². The molecule has 0 saturated carbocycles. The largest absolute Gasteiger partial charge is 0.425 e. The molecule has 0 aliphatic carbocycles. The lowest BCUT2D eigenvalue weighted by atomic mass is 9.72. The maximum absolute atomic E-state index is 12.5. The molecule has 1 unspecified atom stereocenters. The second kappa shape index (κ2) is 7.70. The van der Waals surface area contributed by atoms with Gasteiger partial charge in [0, 0.05) is 51.3 Å². The Bertz CT molecular complexity index is 583. The Hall–Kier alpha value is -1.67. The van der Waals surface area contributed by atoms with Gasteiger partial charge in [0.05, 0.1) is 12.5 Å². The second-order valence-electron chi connectivity index (χ2n) is 7.27. The van der Waals surface area contributed by atoms with Gasteiger partial charge in [0.15, 0.2) is 0 Å². The van der Waals surface area contributed by atoms with Crippen LogP contribution in [0.2, 0.25) is 0 Å². The van der Waals surface area contributed by atoms with Crippen LogP contribution in [0.3, 0.4) is 0 Å². The predicted molar refractivity (Wildman–Crippen MR) is 90.5 cm³/mol. The summed E-state index contributed by atoms with van der Waals surface area (Å²) in [5.74, 6) is 1.56. The number of hydrogen-bond donors (Lipinski definition) is 1. The first-order valence-corrected chi connectivity index (χ1v) is 8.98. The predicted octanol–water partition coefficient (Wildman–Crippen LogP) is 1.74. The summed E-state index contributed by atoms with van der Waals surface area (Å²) in [5, 5.41) is 11.4. The molecule has 0 aromatic carbocycles. The molecule has 1 spiro atoms. The standard InChI is InChI=1S/C17H28N4O4/c1-12(2)14-19-20-15(25-14)13-10-21(16(22)18-6-9-23-3)11-17(13)4-7-24-8-5-17/h12-13H,4-11H2,1-3H3,(H,18,22). The Labute approximate surface area is 148 Å². The Kier molecular flexibility index (Phi) is 5.58. The molecule has 2 fully saturated rings. The lowest BCUT2D eigenvalue weighted by Crippen LogP contribution is -2.42. The number of carbonyl (C=O) groups excluding carboxylic acids is 1. The van der Waals surface area contributed by atoms with Gasteiger partial charge in [0.2, 0.25) is 11.8 Å². The number of methoxy groups -OCH3 is 1. The quantitative estimate of drug-likeness (QED) is 0.812. The maximum Gasteiger partial charge on any atom is 0.317 e. The highest BCUT2D eigenvalue weighted by Crippen LogP contribution is 2.49. The van der Waals surface area contributed by atoms with E-state index in [-0.39, 0.29) is 23.3 Å². The molecule has 3 rings (SSSR count). The molecule has 2 aliphatic rings. The minimum atomic E-state index is -0.0611. The van der Waals surface area contributed by atoms with Gasteiger partial charge in [-0.25, -0.2) is 4.79 Å². The fourth-order valence-corrected chi connectivity index (χ4v) is 3.74. The highest BCUT2D eigenvalue weighted by Gasteiger charge is 2.51. The zero-order valence-electron chi connectivity index (χ0n) is 15.3. The van der Waals surface area contributed by atoms with E-state index in [4.69, 9.17) is 13.9 Å². The van der Waals surface area contributed by atoms with Crippen LogP contribution in [0.4, 0.5) is 4.79 Å². The zero-order chi connectivity index (χ0) is 17.9. The average Bonchev–Trinajstić information content (AvgIpc) is 3.21. The van der Waals surface area contributed by atoms with Crippen molar-refractivity contribution < 1.29 is 18.7 Å². The van der Waals surface area contributed by atoms with Crippen LogP contribution in [-0.4, -0.2) is 67.7 Å². The van der Waals surface area contributed by atoms with E-state index >= 15 is 0 Å². The van der Waals surface area contributed by atoms with Gasteiger partial charge in [0.1, 0.15) is 0 Å². The Balaban J connectivity index is 1.77. The molecule has 25 heavy (non-hydrogen) atoms. The third kappa shape index (κ3) is 3.79. The number of amides is 2. The first-order chi connectivity index (χ1) is 12.1. The molecule has 1 aromatic heterocycles. The number of ether oxygens (including phenoxy) is 2. The summed E-state index contributed by atoms with van der Waals surface area (Å²) in [5.41, 5.74) is -0.0440. The van der Waals surface area contributed by atoms with Gasteiger partial charge in [-0.1, -0.05) is 13.8 Å². The number of carbonyl (C=O) groups is 1. The molecule has 0 bridgehead atoms. The van der Waals surface area contributed by atoms with Gasteiger partial charge in [-0.05, 0) is 12.8 Å². The molecule has 3 heterocycles. The molecule has 2 amide bonds. The molecule has 8 nitrogen and oxygen atoms in total. The van der Waals surface area contributed by atoms with E-state index in [1.54, 1.807) is 7.11 Å². The van der Waals surface area contributed by atoms with E-state index in [0.717, 1.165) is 12.8 Å². The van der Waals surface area contributed by atoms with Crippen molar-refractivity contribution >= 4 is 6.03 Å². The molecule has 2 saturated heterocycles. The van der Waals surface area contributed by atoms with Gasteiger partial charge in [-0.15, -0.1) is 10.2 Å². The molecular formula is C17H28N4O4. The molecule has 2 aliphatic heterocycles. The Morgan fingerprint density at radius 3 is 2.80 bits per heavy atom. The average molecular weight is 352 g/mol. The molecule has 1 atom stereocenters. The highest BCUT2D eigenvalue weighted by atomic mass is 16.5. The third-order valence-electron chi connectivity index (χ3n) is 5.25. The fourth-order valence-electron chi connectivity index (χ4n) is 3.74. The lowest BCUT2D eigenvalue weighted by molar-refractivity contribution is 0.00996. The van der Waals surface area contributed by atoms with Crippen LogP contribution in [0.1, 0.15) is 50.3 Å². The minimum absolute atomic E-state index is 0.0440. The van der Waals surface area contributed by atoms with Crippen LogP contribution < -0.4 is 5.32 Å². The zero-order valence-corrected chi connectivity index (χ0v) is 15.3. The molecule has 140 valence electrons. The summed E-state index contributed by atoms with van der Waals surface area (Å²) in [4.78, 5) is 14.4. The molecular weight excluding hydrogens is 324 g/mol. The Morgan fingerprint density at radius 1 is 1.40 bits per heavy atom.